The molecule has 1 heterocycles. The Balaban J connectivity index is 1.54. The molecule has 1 saturated heterocycles. The maximum absolute atomic E-state index is 5.78. The molecule has 0 aliphatic carbocycles. The smallest absolute Gasteiger partial charge is 0.119 e. The van der Waals surface area contributed by atoms with E-state index in [0.29, 0.717) is 0 Å². The van der Waals surface area contributed by atoms with Gasteiger partial charge in [0.1, 0.15) is 11.5 Å². The largest absolute Gasteiger partial charge is 0.494 e. The van der Waals surface area contributed by atoms with Crippen molar-refractivity contribution in [1.29, 1.82) is 0 Å². The maximum Gasteiger partial charge on any atom is 0.119 e. The van der Waals surface area contributed by atoms with Crippen LogP contribution in [-0.4, -0.2) is 51.0 Å². The molecule has 4 nitrogen and oxygen atoms in total. The van der Waals surface area contributed by atoms with Gasteiger partial charge in [0, 0.05) is 13.1 Å². The molecular formula is C18H29NO3. The minimum Gasteiger partial charge on any atom is -0.494 e. The van der Waals surface area contributed by atoms with Crippen molar-refractivity contribution in [2.24, 2.45) is 0 Å². The molecule has 0 unspecified atom stereocenters. The van der Waals surface area contributed by atoms with Gasteiger partial charge in [-0.25, -0.2) is 0 Å². The van der Waals surface area contributed by atoms with Gasteiger partial charge in [0.2, 0.25) is 0 Å². The Bertz CT molecular complexity index is 388. The lowest BCUT2D eigenvalue weighted by Gasteiger charge is -2.26. The number of ether oxygens (including phenoxy) is 3. The Kier molecular flexibility index (Phi) is 8.13. The third-order valence-electron chi connectivity index (χ3n) is 3.83. The summed E-state index contributed by atoms with van der Waals surface area (Å²) in [6, 6.07) is 7.95. The zero-order chi connectivity index (χ0) is 15.5. The van der Waals surface area contributed by atoms with Crippen molar-refractivity contribution in [2.75, 3.05) is 46.1 Å². The summed E-state index contributed by atoms with van der Waals surface area (Å²) in [7, 11) is 0. The van der Waals surface area contributed by atoms with E-state index in [0.717, 1.165) is 76.8 Å². The standard InChI is InChI=1S/C18H29NO3/c1-2-3-13-21-17-6-8-18(9-7-17)22-14-5-4-10-19-11-15-20-16-12-19/h6-9H,2-5,10-16H2,1H3. The van der Waals surface area contributed by atoms with Gasteiger partial charge < -0.3 is 14.2 Å². The van der Waals surface area contributed by atoms with Crippen LogP contribution < -0.4 is 9.47 Å². The van der Waals surface area contributed by atoms with Crippen molar-refractivity contribution in [3.63, 3.8) is 0 Å². The predicted octanol–water partition coefficient (Wildman–Crippen LogP) is 3.36. The van der Waals surface area contributed by atoms with Gasteiger partial charge >= 0.3 is 0 Å². The third kappa shape index (κ3) is 6.67. The van der Waals surface area contributed by atoms with Gasteiger partial charge in [0.05, 0.1) is 26.4 Å². The van der Waals surface area contributed by atoms with Crippen LogP contribution in [0.4, 0.5) is 0 Å². The first-order valence-electron chi connectivity index (χ1n) is 8.54. The summed E-state index contributed by atoms with van der Waals surface area (Å²) < 4.78 is 16.8. The Morgan fingerprint density at radius 2 is 1.50 bits per heavy atom. The van der Waals surface area contributed by atoms with Crippen LogP contribution in [0.15, 0.2) is 24.3 Å². The molecule has 2 rings (SSSR count). The van der Waals surface area contributed by atoms with Gasteiger partial charge in [-0.2, -0.15) is 0 Å². The van der Waals surface area contributed by atoms with E-state index in [1.165, 1.54) is 6.42 Å². The highest BCUT2D eigenvalue weighted by atomic mass is 16.5. The highest BCUT2D eigenvalue weighted by Gasteiger charge is 2.08. The molecule has 1 aromatic carbocycles. The van der Waals surface area contributed by atoms with Crippen molar-refractivity contribution in [2.45, 2.75) is 32.6 Å². The van der Waals surface area contributed by atoms with E-state index in [9.17, 15) is 0 Å². The first kappa shape index (κ1) is 17.1. The van der Waals surface area contributed by atoms with Gasteiger partial charge in [-0.3, -0.25) is 4.90 Å². The van der Waals surface area contributed by atoms with E-state index < -0.39 is 0 Å². The molecule has 0 spiro atoms. The van der Waals surface area contributed by atoms with Crippen LogP contribution in [0, 0.1) is 0 Å². The molecule has 124 valence electrons. The molecule has 0 saturated carbocycles. The van der Waals surface area contributed by atoms with E-state index in [-0.39, 0.29) is 0 Å². The molecule has 0 bridgehead atoms. The van der Waals surface area contributed by atoms with Crippen molar-refractivity contribution >= 4 is 0 Å². The van der Waals surface area contributed by atoms with Gasteiger partial charge in [0.15, 0.2) is 0 Å². The van der Waals surface area contributed by atoms with E-state index in [2.05, 4.69) is 11.8 Å². The molecular weight excluding hydrogens is 278 g/mol. The van der Waals surface area contributed by atoms with E-state index in [4.69, 9.17) is 14.2 Å². The van der Waals surface area contributed by atoms with Crippen molar-refractivity contribution in [3.8, 4) is 11.5 Å². The van der Waals surface area contributed by atoms with Crippen LogP contribution in [0.2, 0.25) is 0 Å². The fourth-order valence-electron chi connectivity index (χ4n) is 2.42. The lowest BCUT2D eigenvalue weighted by molar-refractivity contribution is 0.0368. The molecule has 1 aliphatic rings. The predicted molar refractivity (Wildman–Crippen MR) is 88.8 cm³/mol. The summed E-state index contributed by atoms with van der Waals surface area (Å²) in [6.07, 6.45) is 4.53. The summed E-state index contributed by atoms with van der Waals surface area (Å²) in [5, 5.41) is 0. The Morgan fingerprint density at radius 3 is 2.09 bits per heavy atom. The number of morpholine rings is 1. The average Bonchev–Trinajstić information content (AvgIpc) is 2.57. The number of benzene rings is 1. The number of hydrogen-bond acceptors (Lipinski definition) is 4. The first-order chi connectivity index (χ1) is 10.9. The van der Waals surface area contributed by atoms with Crippen LogP contribution in [0.1, 0.15) is 32.6 Å². The fraction of sp³-hybridized carbons (Fsp3) is 0.667. The Labute approximate surface area is 134 Å². The van der Waals surface area contributed by atoms with Crippen molar-refractivity contribution in [1.82, 2.24) is 4.90 Å². The van der Waals surface area contributed by atoms with Crippen LogP contribution in [0.5, 0.6) is 11.5 Å². The molecule has 0 amide bonds. The number of rotatable bonds is 10. The van der Waals surface area contributed by atoms with Gasteiger partial charge in [-0.1, -0.05) is 13.3 Å². The average molecular weight is 307 g/mol. The van der Waals surface area contributed by atoms with E-state index in [1.807, 2.05) is 24.3 Å². The van der Waals surface area contributed by atoms with Crippen LogP contribution in [-0.2, 0) is 4.74 Å². The normalized spacial score (nSPS) is 15.7. The fourth-order valence-corrected chi connectivity index (χ4v) is 2.42. The molecule has 0 aromatic heterocycles. The zero-order valence-electron chi connectivity index (χ0n) is 13.8. The molecule has 0 N–H and O–H groups in total. The number of unbranched alkanes of at least 4 members (excludes halogenated alkanes) is 2. The second-order valence-electron chi connectivity index (χ2n) is 5.68. The van der Waals surface area contributed by atoms with Crippen LogP contribution >= 0.6 is 0 Å². The lowest BCUT2D eigenvalue weighted by atomic mass is 10.3. The third-order valence-corrected chi connectivity index (χ3v) is 3.83. The Hall–Kier alpha value is -1.26. The van der Waals surface area contributed by atoms with E-state index >= 15 is 0 Å². The lowest BCUT2D eigenvalue weighted by Crippen LogP contribution is -2.36. The SMILES string of the molecule is CCCCOc1ccc(OCCCCN2CCOCC2)cc1. The summed E-state index contributed by atoms with van der Waals surface area (Å²) in [4.78, 5) is 2.46. The van der Waals surface area contributed by atoms with E-state index in [1.54, 1.807) is 0 Å². The highest BCUT2D eigenvalue weighted by molar-refractivity contribution is 5.31. The van der Waals surface area contributed by atoms with Crippen LogP contribution in [0.3, 0.4) is 0 Å². The quantitative estimate of drug-likeness (QED) is 0.620. The zero-order valence-corrected chi connectivity index (χ0v) is 13.8. The summed E-state index contributed by atoms with van der Waals surface area (Å²) in [5.74, 6) is 1.85. The molecule has 4 heteroatoms. The highest BCUT2D eigenvalue weighted by Crippen LogP contribution is 2.18. The minimum atomic E-state index is 0.778. The van der Waals surface area contributed by atoms with Gasteiger partial charge in [-0.05, 0) is 50.1 Å². The van der Waals surface area contributed by atoms with Gasteiger partial charge in [-0.15, -0.1) is 0 Å². The topological polar surface area (TPSA) is 30.9 Å². The monoisotopic (exact) mass is 307 g/mol. The second kappa shape index (κ2) is 10.5. The molecule has 0 atom stereocenters. The molecule has 1 fully saturated rings. The molecule has 22 heavy (non-hydrogen) atoms. The van der Waals surface area contributed by atoms with Gasteiger partial charge in [0.25, 0.3) is 0 Å². The summed E-state index contributed by atoms with van der Waals surface area (Å²) in [5.41, 5.74) is 0. The number of nitrogens with zero attached hydrogens (tertiary/aromatic N) is 1. The van der Waals surface area contributed by atoms with Crippen molar-refractivity contribution < 1.29 is 14.2 Å². The number of hydrogen-bond donors (Lipinski definition) is 0. The maximum atomic E-state index is 5.78. The molecule has 1 aromatic rings. The Morgan fingerprint density at radius 1 is 0.909 bits per heavy atom. The minimum absolute atomic E-state index is 0.778. The molecule has 1 aliphatic heterocycles. The second-order valence-corrected chi connectivity index (χ2v) is 5.68. The summed E-state index contributed by atoms with van der Waals surface area (Å²) >= 11 is 0. The van der Waals surface area contributed by atoms with Crippen LogP contribution in [0.25, 0.3) is 0 Å². The molecule has 0 radical (unpaired) electrons. The first-order valence-corrected chi connectivity index (χ1v) is 8.54. The van der Waals surface area contributed by atoms with Crippen molar-refractivity contribution in [3.05, 3.63) is 24.3 Å². The summed E-state index contributed by atoms with van der Waals surface area (Å²) in [6.45, 7) is 8.78.